The molecule has 0 saturated heterocycles. The lowest BCUT2D eigenvalue weighted by molar-refractivity contribution is -0.387. The molecule has 1 amide bonds. The Kier molecular flexibility index (Phi) is 4.27. The number of halogens is 3. The lowest BCUT2D eigenvalue weighted by Gasteiger charge is -2.07. The summed E-state index contributed by atoms with van der Waals surface area (Å²) in [5, 5.41) is 12.8. The fourth-order valence-corrected chi connectivity index (χ4v) is 2.01. The average Bonchev–Trinajstić information content (AvgIpc) is 2.40. The Morgan fingerprint density at radius 2 is 1.90 bits per heavy atom. The molecule has 2 rings (SSSR count). The van der Waals surface area contributed by atoms with Crippen LogP contribution in [0.5, 0.6) is 0 Å². The van der Waals surface area contributed by atoms with Gasteiger partial charge >= 0.3 is 5.69 Å². The Morgan fingerprint density at radius 3 is 2.52 bits per heavy atom. The lowest BCUT2D eigenvalue weighted by atomic mass is 10.1. The Balaban J connectivity index is 2.31. The number of nitro groups is 1. The normalized spacial score (nSPS) is 10.2. The third-order valence-electron chi connectivity index (χ3n) is 2.56. The van der Waals surface area contributed by atoms with Crippen LogP contribution in [0.1, 0.15) is 10.4 Å². The van der Waals surface area contributed by atoms with E-state index in [-0.39, 0.29) is 0 Å². The molecule has 0 saturated carbocycles. The first kappa shape index (κ1) is 15.0. The highest BCUT2D eigenvalue weighted by atomic mass is 79.9. The summed E-state index contributed by atoms with van der Waals surface area (Å²) in [6.07, 6.45) is 0. The highest BCUT2D eigenvalue weighted by Crippen LogP contribution is 2.23. The molecular weight excluding hydrogens is 350 g/mol. The molecule has 2 aromatic carbocycles. The molecule has 0 bridgehead atoms. The number of rotatable bonds is 3. The van der Waals surface area contributed by atoms with E-state index in [0.29, 0.717) is 22.3 Å². The molecule has 0 aliphatic carbocycles. The number of benzene rings is 2. The zero-order valence-corrected chi connectivity index (χ0v) is 11.9. The Bertz CT molecular complexity index is 737. The summed E-state index contributed by atoms with van der Waals surface area (Å²) in [6.45, 7) is 0. The number of carbonyl (C=O) groups excluding carboxylic acids is 1. The molecule has 0 aliphatic heterocycles. The van der Waals surface area contributed by atoms with Gasteiger partial charge in [-0.3, -0.25) is 14.9 Å². The first-order valence-electron chi connectivity index (χ1n) is 5.59. The van der Waals surface area contributed by atoms with E-state index in [1.54, 1.807) is 24.3 Å². The summed E-state index contributed by atoms with van der Waals surface area (Å²) in [6, 6.07) is 7.38. The van der Waals surface area contributed by atoms with Gasteiger partial charge in [0.2, 0.25) is 5.82 Å². The van der Waals surface area contributed by atoms with Gasteiger partial charge in [0.15, 0.2) is 0 Å². The quantitative estimate of drug-likeness (QED) is 0.669. The molecule has 0 aromatic heterocycles. The van der Waals surface area contributed by atoms with E-state index >= 15 is 0 Å². The fraction of sp³-hybridized carbons (Fsp3) is 0. The highest BCUT2D eigenvalue weighted by molar-refractivity contribution is 9.10. The van der Waals surface area contributed by atoms with Crippen LogP contribution in [0.4, 0.5) is 20.2 Å². The smallest absolute Gasteiger partial charge is 0.307 e. The van der Waals surface area contributed by atoms with Crippen LogP contribution in [-0.4, -0.2) is 10.8 Å². The van der Waals surface area contributed by atoms with Crippen molar-refractivity contribution >= 4 is 33.2 Å². The molecule has 0 heterocycles. The van der Waals surface area contributed by atoms with E-state index in [1.165, 1.54) is 0 Å². The lowest BCUT2D eigenvalue weighted by Crippen LogP contribution is -2.14. The van der Waals surface area contributed by atoms with Crippen LogP contribution < -0.4 is 5.32 Å². The van der Waals surface area contributed by atoms with Gasteiger partial charge in [-0.1, -0.05) is 22.0 Å². The topological polar surface area (TPSA) is 72.2 Å². The summed E-state index contributed by atoms with van der Waals surface area (Å²) in [5.41, 5.74) is -1.27. The van der Waals surface area contributed by atoms with Gasteiger partial charge in [-0.25, -0.2) is 4.39 Å². The zero-order chi connectivity index (χ0) is 15.6. The summed E-state index contributed by atoms with van der Waals surface area (Å²) < 4.78 is 27.8. The second-order valence-electron chi connectivity index (χ2n) is 4.01. The van der Waals surface area contributed by atoms with E-state index in [9.17, 15) is 23.7 Å². The van der Waals surface area contributed by atoms with E-state index in [2.05, 4.69) is 21.2 Å². The summed E-state index contributed by atoms with van der Waals surface area (Å²) >= 11 is 3.20. The number of carbonyl (C=O) groups is 1. The van der Waals surface area contributed by atoms with Gasteiger partial charge < -0.3 is 5.32 Å². The fourth-order valence-electron chi connectivity index (χ4n) is 1.61. The number of amides is 1. The van der Waals surface area contributed by atoms with Crippen molar-refractivity contribution in [3.05, 3.63) is 68.2 Å². The number of hydrogen-bond donors (Lipinski definition) is 1. The first-order chi connectivity index (χ1) is 9.88. The summed E-state index contributed by atoms with van der Waals surface area (Å²) in [4.78, 5) is 21.3. The third kappa shape index (κ3) is 3.40. The van der Waals surface area contributed by atoms with E-state index < -0.39 is 33.7 Å². The van der Waals surface area contributed by atoms with E-state index in [1.807, 2.05) is 0 Å². The molecule has 0 unspecified atom stereocenters. The molecule has 2 aromatic rings. The Morgan fingerprint density at radius 1 is 1.19 bits per heavy atom. The van der Waals surface area contributed by atoms with E-state index in [0.717, 1.165) is 0 Å². The molecule has 21 heavy (non-hydrogen) atoms. The minimum absolute atomic E-state index is 0.368. The average molecular weight is 357 g/mol. The minimum atomic E-state index is -1.28. The standard InChI is InChI=1S/C13H7BrF2N2O3/c14-7-2-1-3-8(4-7)17-13(19)9-5-11(16)12(18(20)21)6-10(9)15/h1-6H,(H,17,19). The van der Waals surface area contributed by atoms with Gasteiger partial charge in [0.05, 0.1) is 16.6 Å². The van der Waals surface area contributed by atoms with Crippen molar-refractivity contribution in [1.82, 2.24) is 0 Å². The van der Waals surface area contributed by atoms with Gasteiger partial charge in [0.1, 0.15) is 5.82 Å². The second-order valence-corrected chi connectivity index (χ2v) is 4.92. The highest BCUT2D eigenvalue weighted by Gasteiger charge is 2.22. The molecule has 1 N–H and O–H groups in total. The van der Waals surface area contributed by atoms with Crippen molar-refractivity contribution in [3.63, 3.8) is 0 Å². The number of nitrogens with one attached hydrogen (secondary N) is 1. The van der Waals surface area contributed by atoms with Gasteiger partial charge in [-0.05, 0) is 24.3 Å². The Labute approximate surface area is 125 Å². The van der Waals surface area contributed by atoms with Crippen LogP contribution in [0.2, 0.25) is 0 Å². The largest absolute Gasteiger partial charge is 0.322 e. The van der Waals surface area contributed by atoms with Crippen LogP contribution in [0.15, 0.2) is 40.9 Å². The van der Waals surface area contributed by atoms with Crippen molar-refractivity contribution in [2.45, 2.75) is 0 Å². The van der Waals surface area contributed by atoms with Gasteiger partial charge in [-0.2, -0.15) is 4.39 Å². The number of hydrogen-bond acceptors (Lipinski definition) is 3. The second kappa shape index (κ2) is 5.96. The van der Waals surface area contributed by atoms with Crippen molar-refractivity contribution in [2.75, 3.05) is 5.32 Å². The minimum Gasteiger partial charge on any atom is -0.322 e. The predicted octanol–water partition coefficient (Wildman–Crippen LogP) is 3.89. The molecule has 0 aliphatic rings. The molecule has 5 nitrogen and oxygen atoms in total. The number of anilines is 1. The van der Waals surface area contributed by atoms with Crippen LogP contribution >= 0.6 is 15.9 Å². The Hall–Kier alpha value is -2.35. The number of nitrogens with zero attached hydrogens (tertiary/aromatic N) is 1. The molecule has 0 fully saturated rings. The molecule has 108 valence electrons. The van der Waals surface area contributed by atoms with Gasteiger partial charge in [-0.15, -0.1) is 0 Å². The van der Waals surface area contributed by atoms with Crippen molar-refractivity contribution in [3.8, 4) is 0 Å². The van der Waals surface area contributed by atoms with Gasteiger partial charge in [0, 0.05) is 10.2 Å². The summed E-state index contributed by atoms with van der Waals surface area (Å²) in [7, 11) is 0. The monoisotopic (exact) mass is 356 g/mol. The first-order valence-corrected chi connectivity index (χ1v) is 6.38. The SMILES string of the molecule is O=C(Nc1cccc(Br)c1)c1cc(F)c([N+](=O)[O-])cc1F. The van der Waals surface area contributed by atoms with Gasteiger partial charge in [0.25, 0.3) is 5.91 Å². The maximum atomic E-state index is 13.7. The third-order valence-corrected chi connectivity index (χ3v) is 3.05. The van der Waals surface area contributed by atoms with Crippen LogP contribution in [0, 0.1) is 21.7 Å². The number of nitro benzene ring substituents is 1. The maximum absolute atomic E-state index is 13.7. The molecule has 0 spiro atoms. The van der Waals surface area contributed by atoms with Crippen molar-refractivity contribution in [1.29, 1.82) is 0 Å². The van der Waals surface area contributed by atoms with E-state index in [4.69, 9.17) is 0 Å². The van der Waals surface area contributed by atoms with Crippen LogP contribution in [0.3, 0.4) is 0 Å². The predicted molar refractivity (Wildman–Crippen MR) is 75.1 cm³/mol. The molecule has 0 atom stereocenters. The maximum Gasteiger partial charge on any atom is 0.307 e. The zero-order valence-electron chi connectivity index (χ0n) is 10.3. The molecular formula is C13H7BrF2N2O3. The molecule has 8 heteroatoms. The molecule has 0 radical (unpaired) electrons. The summed E-state index contributed by atoms with van der Waals surface area (Å²) in [5.74, 6) is -3.35. The van der Waals surface area contributed by atoms with Crippen molar-refractivity contribution in [2.24, 2.45) is 0 Å². The van der Waals surface area contributed by atoms with Crippen LogP contribution in [0.25, 0.3) is 0 Å². The van der Waals surface area contributed by atoms with Crippen molar-refractivity contribution < 1.29 is 18.5 Å². The van der Waals surface area contributed by atoms with Crippen LogP contribution in [-0.2, 0) is 0 Å².